The largest absolute Gasteiger partial charge is 0.0683 e. The second kappa shape index (κ2) is 591. The molecule has 0 atom stereocenters. The Morgan fingerprint density at radius 3 is 0.170 bits per heavy atom. The summed E-state index contributed by atoms with van der Waals surface area (Å²) in [6, 6.07) is 0. The fourth-order valence-electron chi connectivity index (χ4n) is 0.577. The van der Waals surface area contributed by atoms with E-state index < -0.39 is 0 Å². The van der Waals surface area contributed by atoms with E-state index in [-0.39, 0.29) is 0 Å². The summed E-state index contributed by atoms with van der Waals surface area (Å²) in [5, 5.41) is 0. The normalized spacial score (nSPS) is 6.20. The Labute approximate surface area is 592 Å². The van der Waals surface area contributed by atoms with E-state index in [0.29, 0.717) is 0 Å². The van der Waals surface area contributed by atoms with E-state index in [1.807, 2.05) is 222 Å². The molecule has 0 aromatic carbocycles. The van der Waals surface area contributed by atoms with Gasteiger partial charge in [0.1, 0.15) is 0 Å². The molecule has 0 heterocycles. The number of hydrogen-bond acceptors (Lipinski definition) is 0. The van der Waals surface area contributed by atoms with E-state index in [2.05, 4.69) is 228 Å². The van der Waals surface area contributed by atoms with E-state index in [1.54, 1.807) is 0 Å². The molecular formula is C88H236. The lowest BCUT2D eigenvalue weighted by molar-refractivity contribution is 0.576. The van der Waals surface area contributed by atoms with Gasteiger partial charge in [-0.25, -0.2) is 0 Å². The minimum absolute atomic E-state index is 0.833. The highest BCUT2D eigenvalue weighted by molar-refractivity contribution is 4.38. The fourth-order valence-corrected chi connectivity index (χ4v) is 0.577. The van der Waals surface area contributed by atoms with Crippen LogP contribution >= 0.6 is 0 Å². The van der Waals surface area contributed by atoms with Gasteiger partial charge in [0.2, 0.25) is 0 Å². The third kappa shape index (κ3) is 6210. The van der Waals surface area contributed by atoms with Gasteiger partial charge in [0.15, 0.2) is 0 Å². The highest BCUT2D eigenvalue weighted by Crippen LogP contribution is 2.00. The molecule has 0 saturated heterocycles. The van der Waals surface area contributed by atoms with Crippen molar-refractivity contribution >= 4 is 0 Å². The van der Waals surface area contributed by atoms with Crippen molar-refractivity contribution in [2.24, 2.45) is 29.6 Å². The van der Waals surface area contributed by atoms with Crippen molar-refractivity contribution in [2.75, 3.05) is 0 Å². The molecule has 0 fully saturated rings. The Balaban J connectivity index is -0.0000000142. The minimum atomic E-state index is 0.833. The Morgan fingerprint density at radius 1 is 0.125 bits per heavy atom. The van der Waals surface area contributed by atoms with Crippen LogP contribution in [0.1, 0.15) is 566 Å². The van der Waals surface area contributed by atoms with Gasteiger partial charge in [0.25, 0.3) is 0 Å². The van der Waals surface area contributed by atoms with Crippen molar-refractivity contribution in [1.29, 1.82) is 0 Å². The second-order valence-corrected chi connectivity index (χ2v) is 17.5. The Bertz CT molecular complexity index is 233. The van der Waals surface area contributed by atoms with Crippen LogP contribution in [0.3, 0.4) is 0 Å². The van der Waals surface area contributed by atoms with Crippen LogP contribution in [0.5, 0.6) is 0 Å². The zero-order valence-corrected chi connectivity index (χ0v) is 80.6. The van der Waals surface area contributed by atoms with Crippen molar-refractivity contribution in [3.63, 3.8) is 0 Å². The van der Waals surface area contributed by atoms with Crippen LogP contribution < -0.4 is 0 Å². The molecule has 0 aromatic heterocycles. The highest BCUT2D eigenvalue weighted by atomic mass is 13.9. The van der Waals surface area contributed by atoms with E-state index in [4.69, 9.17) is 0 Å². The standard InChI is InChI=1S/C6H14.11C4H10.2C3H8.16C2H6/c1-4-5-6(2)3;4*1-4(2)3;7*1-3-4-2;2*1-3-2;16*1-2/h6H,4-5H2,1-3H3;4*4H,1-3H3;7*3-4H2,1-2H3;2*3H2,1-2H3;16*1-2H3. The van der Waals surface area contributed by atoms with Crippen molar-refractivity contribution in [2.45, 2.75) is 566 Å². The molecule has 0 aromatic rings. The van der Waals surface area contributed by atoms with Crippen LogP contribution in [0, 0.1) is 29.6 Å². The predicted molar refractivity (Wildman–Crippen MR) is 469 cm³/mol. The Hall–Kier alpha value is 0. The molecule has 588 valence electrons. The molecule has 0 N–H and O–H groups in total. The zero-order chi connectivity index (χ0) is 80.6. The topological polar surface area (TPSA) is 0 Å². The van der Waals surface area contributed by atoms with Gasteiger partial charge in [-0.3, -0.25) is 0 Å². The number of hydrogen-bond donors (Lipinski definition) is 0. The van der Waals surface area contributed by atoms with E-state index in [0.717, 1.165) is 29.6 Å². The minimum Gasteiger partial charge on any atom is -0.0683 e. The van der Waals surface area contributed by atoms with Gasteiger partial charge in [0.05, 0.1) is 0 Å². The zero-order valence-electron chi connectivity index (χ0n) is 80.6. The summed E-state index contributed by atoms with van der Waals surface area (Å²) in [7, 11) is 0. The third-order valence-electron chi connectivity index (χ3n) is 4.37. The van der Waals surface area contributed by atoms with Crippen LogP contribution in [0.15, 0.2) is 0 Å². The molecule has 0 bridgehead atoms. The average Bonchev–Trinajstić information content (AvgIpc) is 3.58. The maximum absolute atomic E-state index is 2.25. The second-order valence-electron chi connectivity index (χ2n) is 17.5. The van der Waals surface area contributed by atoms with Gasteiger partial charge in [-0.2, -0.15) is 0 Å². The fraction of sp³-hybridized carbons (Fsp3) is 1.00. The summed E-state index contributed by atoms with van der Waals surface area (Å²) >= 11 is 0. The molecule has 0 aliphatic carbocycles. The highest BCUT2D eigenvalue weighted by Gasteiger charge is 1.85. The molecule has 0 unspecified atom stereocenters. The summed E-state index contributed by atoms with van der Waals surface area (Å²) in [5.41, 5.74) is 0. The molecule has 88 heavy (non-hydrogen) atoms. The summed E-state index contributed by atoms with van der Waals surface area (Å²) < 4.78 is 0. The SMILES string of the molecule is CC.CC.CC.CC.CC.CC.CC.CC.CC.CC.CC.CC.CC.CC.CC.CC.CC(C)C.CC(C)C.CC(C)C.CC(C)C.CCC.CCC.CCCC.CCCC.CCCC.CCCC.CCCC.CCCC.CCCC.CCCC(C)C. The molecule has 0 nitrogen and oxygen atoms in total. The van der Waals surface area contributed by atoms with E-state index in [9.17, 15) is 0 Å². The Kier molecular flexibility index (Phi) is 1330. The third-order valence-corrected chi connectivity index (χ3v) is 4.37. The molecule has 0 aliphatic rings. The molecule has 0 saturated carbocycles. The van der Waals surface area contributed by atoms with Crippen LogP contribution in [-0.4, -0.2) is 0 Å². The average molecular weight is 1290 g/mol. The predicted octanol–water partition coefficient (Wildman–Crippen LogP) is 41.0. The first-order valence-corrected chi connectivity index (χ1v) is 41.9. The van der Waals surface area contributed by atoms with Crippen LogP contribution in [0.25, 0.3) is 0 Å². The van der Waals surface area contributed by atoms with Crippen molar-refractivity contribution in [1.82, 2.24) is 0 Å². The molecule has 0 rings (SSSR count). The molecule has 0 amide bonds. The van der Waals surface area contributed by atoms with E-state index >= 15 is 0 Å². The maximum atomic E-state index is 2.25. The maximum Gasteiger partial charge on any atom is -0.0471 e. The lowest BCUT2D eigenvalue weighted by Gasteiger charge is -1.95. The van der Waals surface area contributed by atoms with Crippen LogP contribution in [0.2, 0.25) is 0 Å². The van der Waals surface area contributed by atoms with Gasteiger partial charge in [-0.05, 0) is 29.6 Å². The van der Waals surface area contributed by atoms with Gasteiger partial charge in [-0.1, -0.05) is 566 Å². The van der Waals surface area contributed by atoms with E-state index in [1.165, 1.54) is 116 Å². The lowest BCUT2D eigenvalue weighted by Crippen LogP contribution is -1.81. The van der Waals surface area contributed by atoms with Gasteiger partial charge in [0, 0.05) is 0 Å². The Morgan fingerprint density at radius 2 is 0.170 bits per heavy atom. The van der Waals surface area contributed by atoms with Crippen molar-refractivity contribution < 1.29 is 0 Å². The number of unbranched alkanes of at least 4 members (excludes halogenated alkanes) is 7. The number of rotatable bonds is 9. The summed E-state index contributed by atoms with van der Waals surface area (Å²) in [6.45, 7) is 136. The first-order valence-electron chi connectivity index (χ1n) is 41.9. The van der Waals surface area contributed by atoms with Crippen LogP contribution in [0.4, 0.5) is 0 Å². The molecular weight excluding hydrogens is 1060 g/mol. The van der Waals surface area contributed by atoms with Crippen molar-refractivity contribution in [3.05, 3.63) is 0 Å². The van der Waals surface area contributed by atoms with Gasteiger partial charge >= 0.3 is 0 Å². The molecule has 0 aliphatic heterocycles. The first kappa shape index (κ1) is 198. The molecule has 0 radical (unpaired) electrons. The van der Waals surface area contributed by atoms with Gasteiger partial charge in [-0.15, -0.1) is 0 Å². The van der Waals surface area contributed by atoms with Gasteiger partial charge < -0.3 is 0 Å². The molecule has 0 spiro atoms. The summed E-state index contributed by atoms with van der Waals surface area (Å²) in [6.07, 6.45) is 23.7. The lowest BCUT2D eigenvalue weighted by atomic mass is 10.1. The first-order chi connectivity index (χ1) is 41.9. The molecule has 0 heteroatoms. The van der Waals surface area contributed by atoms with Crippen LogP contribution in [-0.2, 0) is 0 Å². The smallest absolute Gasteiger partial charge is 0.0471 e. The van der Waals surface area contributed by atoms with Crippen molar-refractivity contribution in [3.8, 4) is 0 Å². The summed E-state index contributed by atoms with van der Waals surface area (Å²) in [5.74, 6) is 4.23. The monoisotopic (exact) mass is 1290 g/mol. The summed E-state index contributed by atoms with van der Waals surface area (Å²) in [4.78, 5) is 0. The quantitative estimate of drug-likeness (QED) is 0.216.